The maximum atomic E-state index is 12.2. The van der Waals surface area contributed by atoms with Crippen LogP contribution < -0.4 is 10.6 Å². The zero-order valence-corrected chi connectivity index (χ0v) is 11.4. The van der Waals surface area contributed by atoms with Gasteiger partial charge in [-0.1, -0.05) is 23.7 Å². The van der Waals surface area contributed by atoms with Crippen molar-refractivity contribution in [3.63, 3.8) is 0 Å². The summed E-state index contributed by atoms with van der Waals surface area (Å²) in [5.41, 5.74) is 0.655. The van der Waals surface area contributed by atoms with Crippen LogP contribution in [0.3, 0.4) is 0 Å². The minimum atomic E-state index is -0.0936. The third-order valence-electron chi connectivity index (χ3n) is 3.14. The van der Waals surface area contributed by atoms with E-state index in [0.29, 0.717) is 23.3 Å². The van der Waals surface area contributed by atoms with Gasteiger partial charge in [-0.15, -0.1) is 0 Å². The van der Waals surface area contributed by atoms with Gasteiger partial charge in [-0.25, -0.2) is 4.79 Å². The minimum Gasteiger partial charge on any atom is -0.319 e. The number of carbonyl (C=O) groups is 1. The zero-order valence-electron chi connectivity index (χ0n) is 10.6. The Kier molecular flexibility index (Phi) is 4.09. The lowest BCUT2D eigenvalue weighted by Gasteiger charge is -2.37. The second-order valence-corrected chi connectivity index (χ2v) is 5.13. The van der Waals surface area contributed by atoms with Crippen LogP contribution in [-0.2, 0) is 0 Å². The summed E-state index contributed by atoms with van der Waals surface area (Å²) in [5.74, 6) is 0. The van der Waals surface area contributed by atoms with Crippen molar-refractivity contribution in [2.45, 2.75) is 25.9 Å². The van der Waals surface area contributed by atoms with Gasteiger partial charge in [0.2, 0.25) is 0 Å². The first-order chi connectivity index (χ1) is 8.58. The van der Waals surface area contributed by atoms with Crippen molar-refractivity contribution in [1.82, 2.24) is 10.2 Å². The monoisotopic (exact) mass is 267 g/mol. The van der Waals surface area contributed by atoms with E-state index in [0.717, 1.165) is 6.54 Å². The van der Waals surface area contributed by atoms with E-state index in [4.69, 9.17) is 11.6 Å². The third-order valence-corrected chi connectivity index (χ3v) is 3.47. The van der Waals surface area contributed by atoms with E-state index >= 15 is 0 Å². The molecule has 18 heavy (non-hydrogen) atoms. The number of nitrogens with one attached hydrogen (secondary N) is 2. The zero-order chi connectivity index (χ0) is 13.1. The number of nitrogens with zero attached hydrogens (tertiary/aromatic N) is 1. The molecule has 98 valence electrons. The lowest BCUT2D eigenvalue weighted by atomic mass is 10.1. The lowest BCUT2D eigenvalue weighted by molar-refractivity contribution is 0.162. The number of rotatable bonds is 1. The molecule has 0 aliphatic carbocycles. The molecular weight excluding hydrogens is 250 g/mol. The first kappa shape index (κ1) is 13.2. The van der Waals surface area contributed by atoms with Crippen molar-refractivity contribution in [1.29, 1.82) is 0 Å². The largest absolute Gasteiger partial charge is 0.322 e. The highest BCUT2D eigenvalue weighted by atomic mass is 35.5. The molecule has 2 amide bonds. The molecule has 2 N–H and O–H groups in total. The summed E-state index contributed by atoms with van der Waals surface area (Å²) in [6, 6.07) is 7.67. The number of carbonyl (C=O) groups excluding carboxylic acids is 1. The normalized spacial score (nSPS) is 23.8. The molecule has 0 saturated carbocycles. The molecular formula is C13H18ClN3O. The van der Waals surface area contributed by atoms with Crippen LogP contribution in [0, 0.1) is 0 Å². The first-order valence-electron chi connectivity index (χ1n) is 6.13. The van der Waals surface area contributed by atoms with Crippen LogP contribution in [0.4, 0.5) is 10.5 Å². The number of urea groups is 1. The summed E-state index contributed by atoms with van der Waals surface area (Å²) in [4.78, 5) is 14.0. The Morgan fingerprint density at radius 2 is 2.17 bits per heavy atom. The van der Waals surface area contributed by atoms with E-state index in [1.807, 2.05) is 24.0 Å². The van der Waals surface area contributed by atoms with Gasteiger partial charge >= 0.3 is 6.03 Å². The Hall–Kier alpha value is -1.26. The predicted octanol–water partition coefficient (Wildman–Crippen LogP) is 2.55. The fourth-order valence-electron chi connectivity index (χ4n) is 2.05. The van der Waals surface area contributed by atoms with Gasteiger partial charge < -0.3 is 15.5 Å². The fraction of sp³-hybridized carbons (Fsp3) is 0.462. The number of hydrogen-bond donors (Lipinski definition) is 2. The molecule has 1 aliphatic heterocycles. The van der Waals surface area contributed by atoms with Crippen LogP contribution in [-0.4, -0.2) is 36.1 Å². The summed E-state index contributed by atoms with van der Waals surface area (Å²) in [6.45, 7) is 5.63. The van der Waals surface area contributed by atoms with Crippen molar-refractivity contribution in [2.24, 2.45) is 0 Å². The molecule has 1 saturated heterocycles. The van der Waals surface area contributed by atoms with E-state index in [9.17, 15) is 4.79 Å². The standard InChI is InChI=1S/C13H18ClN3O/c1-9-8-17(10(2)7-15-9)13(18)16-12-6-4-3-5-11(12)14/h3-6,9-10,15H,7-8H2,1-2H3,(H,16,18). The van der Waals surface area contributed by atoms with E-state index in [-0.39, 0.29) is 12.1 Å². The quantitative estimate of drug-likeness (QED) is 0.821. The molecule has 0 aromatic heterocycles. The van der Waals surface area contributed by atoms with Crippen LogP contribution in [0.1, 0.15) is 13.8 Å². The van der Waals surface area contributed by atoms with Gasteiger partial charge in [0.05, 0.1) is 10.7 Å². The average molecular weight is 268 g/mol. The molecule has 0 spiro atoms. The smallest absolute Gasteiger partial charge is 0.319 e. The highest BCUT2D eigenvalue weighted by Crippen LogP contribution is 2.21. The van der Waals surface area contributed by atoms with E-state index in [1.54, 1.807) is 12.1 Å². The number of benzene rings is 1. The molecule has 2 unspecified atom stereocenters. The highest BCUT2D eigenvalue weighted by molar-refractivity contribution is 6.33. The van der Waals surface area contributed by atoms with Crippen molar-refractivity contribution in [2.75, 3.05) is 18.4 Å². The molecule has 5 heteroatoms. The minimum absolute atomic E-state index is 0.0936. The number of halogens is 1. The maximum absolute atomic E-state index is 12.2. The van der Waals surface area contributed by atoms with Gasteiger partial charge in [-0.05, 0) is 26.0 Å². The van der Waals surface area contributed by atoms with Crippen LogP contribution in [0.25, 0.3) is 0 Å². The Bertz CT molecular complexity index is 438. The molecule has 1 aliphatic rings. The number of piperazine rings is 1. The summed E-state index contributed by atoms with van der Waals surface area (Å²) >= 11 is 6.03. The van der Waals surface area contributed by atoms with Gasteiger partial charge in [0.15, 0.2) is 0 Å². The number of para-hydroxylation sites is 1. The summed E-state index contributed by atoms with van der Waals surface area (Å²) in [5, 5.41) is 6.76. The summed E-state index contributed by atoms with van der Waals surface area (Å²) in [7, 11) is 0. The van der Waals surface area contributed by atoms with Gasteiger partial charge in [-0.3, -0.25) is 0 Å². The molecule has 4 nitrogen and oxygen atoms in total. The highest BCUT2D eigenvalue weighted by Gasteiger charge is 2.26. The van der Waals surface area contributed by atoms with Gasteiger partial charge in [0, 0.05) is 25.2 Å². The molecule has 1 heterocycles. The summed E-state index contributed by atoms with van der Waals surface area (Å²) < 4.78 is 0. The van der Waals surface area contributed by atoms with Crippen molar-refractivity contribution < 1.29 is 4.79 Å². The SMILES string of the molecule is CC1CN(C(=O)Nc2ccccc2Cl)C(C)CN1. The second-order valence-electron chi connectivity index (χ2n) is 4.72. The molecule has 1 fully saturated rings. The third kappa shape index (κ3) is 2.94. The fourth-order valence-corrected chi connectivity index (χ4v) is 2.24. The molecule has 1 aromatic carbocycles. The average Bonchev–Trinajstić information content (AvgIpc) is 2.35. The maximum Gasteiger partial charge on any atom is 0.322 e. The van der Waals surface area contributed by atoms with E-state index < -0.39 is 0 Å². The van der Waals surface area contributed by atoms with Crippen LogP contribution in [0.2, 0.25) is 5.02 Å². The summed E-state index contributed by atoms with van der Waals surface area (Å²) in [6.07, 6.45) is 0. The predicted molar refractivity (Wildman–Crippen MR) is 74.1 cm³/mol. The van der Waals surface area contributed by atoms with Crippen LogP contribution in [0.15, 0.2) is 24.3 Å². The Labute approximate surface area is 112 Å². The Morgan fingerprint density at radius 3 is 2.89 bits per heavy atom. The number of amides is 2. The Morgan fingerprint density at radius 1 is 1.44 bits per heavy atom. The van der Waals surface area contributed by atoms with Gasteiger partial charge in [-0.2, -0.15) is 0 Å². The lowest BCUT2D eigenvalue weighted by Crippen LogP contribution is -2.57. The van der Waals surface area contributed by atoms with Crippen molar-refractivity contribution in [3.05, 3.63) is 29.3 Å². The number of hydrogen-bond acceptors (Lipinski definition) is 2. The van der Waals surface area contributed by atoms with Crippen LogP contribution >= 0.6 is 11.6 Å². The first-order valence-corrected chi connectivity index (χ1v) is 6.51. The molecule has 0 bridgehead atoms. The van der Waals surface area contributed by atoms with Crippen molar-refractivity contribution in [3.8, 4) is 0 Å². The van der Waals surface area contributed by atoms with Crippen LogP contribution in [0.5, 0.6) is 0 Å². The molecule has 2 rings (SSSR count). The van der Waals surface area contributed by atoms with E-state index in [1.165, 1.54) is 0 Å². The molecule has 0 radical (unpaired) electrons. The van der Waals surface area contributed by atoms with E-state index in [2.05, 4.69) is 17.6 Å². The van der Waals surface area contributed by atoms with Crippen molar-refractivity contribution >= 4 is 23.3 Å². The molecule has 1 aromatic rings. The topological polar surface area (TPSA) is 44.4 Å². The number of anilines is 1. The Balaban J connectivity index is 2.05. The second kappa shape index (κ2) is 5.59. The van der Waals surface area contributed by atoms with Gasteiger partial charge in [0.1, 0.15) is 0 Å². The van der Waals surface area contributed by atoms with Gasteiger partial charge in [0.25, 0.3) is 0 Å². The molecule has 2 atom stereocenters.